The van der Waals surface area contributed by atoms with E-state index in [1.54, 1.807) is 19.1 Å². The number of methoxy groups -OCH3 is 2. The van der Waals surface area contributed by atoms with Gasteiger partial charge in [0.25, 0.3) is 0 Å². The number of cyclic esters (lactones) is 1. The monoisotopic (exact) mass is 668 g/mol. The normalized spacial score (nSPS) is 34.6. The Morgan fingerprint density at radius 1 is 0.891 bits per heavy atom. The zero-order chi connectivity index (χ0) is 32.5. The highest BCUT2D eigenvalue weighted by Gasteiger charge is 2.56. The maximum atomic E-state index is 13.5. The summed E-state index contributed by atoms with van der Waals surface area (Å²) >= 11 is 0. The third kappa shape index (κ3) is 5.37. The first-order chi connectivity index (χ1) is 22.0. The van der Waals surface area contributed by atoms with Crippen LogP contribution in [0.4, 0.5) is 0 Å². The fourth-order valence-corrected chi connectivity index (χ4v) is 7.35. The van der Waals surface area contributed by atoms with Gasteiger partial charge in [-0.15, -0.1) is 0 Å². The molecule has 0 radical (unpaired) electrons. The topological polar surface area (TPSA) is 207 Å². The van der Waals surface area contributed by atoms with Crippen molar-refractivity contribution in [2.75, 3.05) is 34.2 Å². The molecule has 4 heterocycles. The van der Waals surface area contributed by atoms with Crippen LogP contribution in [0.1, 0.15) is 35.6 Å². The number of aliphatic hydroxyl groups is 2. The molecule has 7 rings (SSSR count). The first-order valence-corrected chi connectivity index (χ1v) is 16.1. The number of esters is 1. The van der Waals surface area contributed by atoms with E-state index in [1.807, 2.05) is 0 Å². The number of carbonyl (C=O) groups excluding carboxylic acids is 1. The Kier molecular flexibility index (Phi) is 8.07. The average molecular weight is 669 g/mol. The van der Waals surface area contributed by atoms with Gasteiger partial charge >= 0.3 is 13.8 Å². The molecular formula is C29H33O16P. The maximum absolute atomic E-state index is 13.5. The maximum Gasteiger partial charge on any atom is 0.525 e. The van der Waals surface area contributed by atoms with E-state index in [0.717, 1.165) is 0 Å². The standard InChI is InChI=1S/C29H33O16P/c1-11-38-9-20-27(42-11)23(30)24(31)29(43-20)44-25-14-7-17-16(40-10-41-17)6-13(14)21(22-15(25)8-39-28(22)32)12-4-18(36-2)26(19(5-12)37-3)45-46(33,34)35/h4-7,11,15,20-25,27,29-31H,8-10H2,1-3H3,(H2,33,34,35)/t11-,15-,20+,21+,22-,23+,24-,25+,27-,29-/m0/s1. The summed E-state index contributed by atoms with van der Waals surface area (Å²) in [7, 11) is -2.40. The highest BCUT2D eigenvalue weighted by Crippen LogP contribution is 2.57. The zero-order valence-corrected chi connectivity index (χ0v) is 25.7. The van der Waals surface area contributed by atoms with Crippen molar-refractivity contribution in [3.05, 3.63) is 41.0 Å². The van der Waals surface area contributed by atoms with Crippen molar-refractivity contribution in [2.45, 2.75) is 55.9 Å². The van der Waals surface area contributed by atoms with Gasteiger partial charge in [-0.05, 0) is 47.9 Å². The van der Waals surface area contributed by atoms with Crippen LogP contribution in [-0.4, -0.2) is 97.2 Å². The largest absolute Gasteiger partial charge is 0.525 e. The molecule has 17 heteroatoms. The van der Waals surface area contributed by atoms with Crippen molar-refractivity contribution in [2.24, 2.45) is 11.8 Å². The zero-order valence-electron chi connectivity index (χ0n) is 24.8. The third-order valence-corrected chi connectivity index (χ3v) is 9.36. The van der Waals surface area contributed by atoms with Gasteiger partial charge in [0.05, 0.1) is 39.5 Å². The molecule has 3 fully saturated rings. The molecule has 5 aliphatic rings. The Morgan fingerprint density at radius 3 is 2.22 bits per heavy atom. The molecule has 250 valence electrons. The number of rotatable bonds is 7. The number of aliphatic hydroxyl groups excluding tert-OH is 2. The van der Waals surface area contributed by atoms with Crippen molar-refractivity contribution in [1.29, 1.82) is 0 Å². The number of phosphoric ester groups is 1. The van der Waals surface area contributed by atoms with Crippen molar-refractivity contribution in [3.63, 3.8) is 0 Å². The molecule has 0 saturated carbocycles. The van der Waals surface area contributed by atoms with Crippen molar-refractivity contribution in [3.8, 4) is 28.7 Å². The van der Waals surface area contributed by atoms with E-state index in [9.17, 15) is 29.4 Å². The van der Waals surface area contributed by atoms with Gasteiger partial charge in [-0.25, -0.2) is 4.57 Å². The van der Waals surface area contributed by atoms with E-state index < -0.39 is 74.6 Å². The lowest BCUT2D eigenvalue weighted by atomic mass is 9.66. The number of ether oxygens (including phenoxy) is 9. The molecule has 1 aliphatic carbocycles. The number of hydrogen-bond donors (Lipinski definition) is 4. The summed E-state index contributed by atoms with van der Waals surface area (Å²) in [6.07, 6.45) is -7.18. The molecule has 16 nitrogen and oxygen atoms in total. The van der Waals surface area contributed by atoms with Gasteiger partial charge in [-0.1, -0.05) is 0 Å². The van der Waals surface area contributed by atoms with E-state index in [2.05, 4.69) is 0 Å². The predicted octanol–water partition coefficient (Wildman–Crippen LogP) is 1.10. The van der Waals surface area contributed by atoms with Gasteiger partial charge < -0.3 is 57.4 Å². The molecule has 0 amide bonds. The van der Waals surface area contributed by atoms with Crippen molar-refractivity contribution in [1.82, 2.24) is 0 Å². The van der Waals surface area contributed by atoms with E-state index in [-0.39, 0.29) is 37.3 Å². The second kappa shape index (κ2) is 11.8. The fraction of sp³-hybridized carbons (Fsp3) is 0.552. The SMILES string of the molecule is COc1cc([C@@H]2c3cc4c(cc3[C@@H](O[C@@H]3O[C@@H]5CO[C@H](C)O[C@@H]5[C@H](O)[C@@H]3O)[C@H]3COC(=O)[C@H]23)OCO4)cc(OC)c1OP(=O)(O)O. The van der Waals surface area contributed by atoms with Crippen LogP contribution in [0.2, 0.25) is 0 Å². The van der Waals surface area contributed by atoms with Crippen LogP contribution in [0.25, 0.3) is 0 Å². The highest BCUT2D eigenvalue weighted by molar-refractivity contribution is 7.46. The van der Waals surface area contributed by atoms with Crippen LogP contribution in [0.15, 0.2) is 24.3 Å². The molecule has 46 heavy (non-hydrogen) atoms. The molecule has 2 aromatic carbocycles. The predicted molar refractivity (Wildman–Crippen MR) is 149 cm³/mol. The van der Waals surface area contributed by atoms with Crippen molar-refractivity contribution >= 4 is 13.8 Å². The van der Waals surface area contributed by atoms with E-state index in [4.69, 9.17) is 47.2 Å². The lowest BCUT2D eigenvalue weighted by Crippen LogP contribution is -2.63. The molecule has 10 atom stereocenters. The Balaban J connectivity index is 1.32. The summed E-state index contributed by atoms with van der Waals surface area (Å²) in [5, 5.41) is 22.0. The van der Waals surface area contributed by atoms with Gasteiger partial charge in [0.15, 0.2) is 35.6 Å². The van der Waals surface area contributed by atoms with Gasteiger partial charge in [0.2, 0.25) is 12.5 Å². The lowest BCUT2D eigenvalue weighted by Gasteiger charge is -2.47. The number of hydrogen-bond acceptors (Lipinski definition) is 14. The Bertz CT molecular complexity index is 1530. The van der Waals surface area contributed by atoms with Crippen molar-refractivity contribution < 1.29 is 76.5 Å². The molecule has 0 bridgehead atoms. The molecule has 3 saturated heterocycles. The number of carbonyl (C=O) groups is 1. The molecule has 0 unspecified atom stereocenters. The van der Waals surface area contributed by atoms with Crippen LogP contribution in [0.3, 0.4) is 0 Å². The first kappa shape index (κ1) is 31.4. The fourth-order valence-electron chi connectivity index (χ4n) is 6.93. The minimum Gasteiger partial charge on any atom is -0.493 e. The van der Waals surface area contributed by atoms with Crippen LogP contribution in [0.5, 0.6) is 28.7 Å². The van der Waals surface area contributed by atoms with Crippen LogP contribution in [0, 0.1) is 11.8 Å². The average Bonchev–Trinajstić information content (AvgIpc) is 3.64. The Hall–Kier alpha value is -3.18. The van der Waals surface area contributed by atoms with Gasteiger partial charge in [0.1, 0.15) is 24.4 Å². The second-order valence-corrected chi connectivity index (χ2v) is 12.7. The quantitative estimate of drug-likeness (QED) is 0.241. The minimum atomic E-state index is -5.00. The summed E-state index contributed by atoms with van der Waals surface area (Å²) in [5.41, 5.74) is 1.65. The minimum absolute atomic E-state index is 0.0303. The first-order valence-electron chi connectivity index (χ1n) is 14.5. The summed E-state index contributed by atoms with van der Waals surface area (Å²) in [4.78, 5) is 32.5. The van der Waals surface area contributed by atoms with Gasteiger partial charge in [0, 0.05) is 11.8 Å². The Morgan fingerprint density at radius 2 is 1.57 bits per heavy atom. The van der Waals surface area contributed by atoms with Gasteiger partial charge in [-0.2, -0.15) is 0 Å². The molecule has 2 aromatic rings. The smallest absolute Gasteiger partial charge is 0.493 e. The summed E-state index contributed by atoms with van der Waals surface area (Å²) in [6.45, 7) is 1.72. The van der Waals surface area contributed by atoms with Gasteiger partial charge in [-0.3, -0.25) is 14.6 Å². The Labute approximate surface area is 262 Å². The summed E-state index contributed by atoms with van der Waals surface area (Å²) < 4.78 is 68.1. The van der Waals surface area contributed by atoms with Crippen LogP contribution < -0.4 is 23.5 Å². The molecule has 4 N–H and O–H groups in total. The summed E-state index contributed by atoms with van der Waals surface area (Å²) in [6, 6.07) is 6.47. The van der Waals surface area contributed by atoms with E-state index >= 15 is 0 Å². The van der Waals surface area contributed by atoms with Crippen LogP contribution >= 0.6 is 7.82 Å². The second-order valence-electron chi connectivity index (χ2n) is 11.6. The highest BCUT2D eigenvalue weighted by atomic mass is 31.2. The summed E-state index contributed by atoms with van der Waals surface area (Å²) in [5.74, 6) is -2.25. The number of phosphoric acid groups is 1. The third-order valence-electron chi connectivity index (χ3n) is 8.94. The van der Waals surface area contributed by atoms with Crippen LogP contribution in [-0.2, 0) is 33.0 Å². The van der Waals surface area contributed by atoms with E-state index in [0.29, 0.717) is 28.2 Å². The molecule has 0 spiro atoms. The molecule has 4 aliphatic heterocycles. The number of benzene rings is 2. The van der Waals surface area contributed by atoms with E-state index in [1.165, 1.54) is 26.4 Å². The molecule has 0 aromatic heterocycles. The number of fused-ring (bicyclic) bond motifs is 4. The molecular weight excluding hydrogens is 635 g/mol. The lowest BCUT2D eigenvalue weighted by molar-refractivity contribution is -0.364.